The molecule has 0 aromatic carbocycles. The van der Waals surface area contributed by atoms with E-state index in [1.54, 1.807) is 0 Å². The Hall–Kier alpha value is -1.96. The molecule has 118 valence electrons. The van der Waals surface area contributed by atoms with Gasteiger partial charge in [0, 0.05) is 19.7 Å². The van der Waals surface area contributed by atoms with E-state index >= 15 is 0 Å². The molecule has 0 aliphatic rings. The number of nitrogens with one attached hydrogen (secondary N) is 2. The van der Waals surface area contributed by atoms with Crippen molar-refractivity contribution in [3.63, 3.8) is 0 Å². The minimum absolute atomic E-state index is 0.118. The van der Waals surface area contributed by atoms with Crippen LogP contribution in [-0.4, -0.2) is 39.7 Å². The van der Waals surface area contributed by atoms with E-state index in [1.165, 1.54) is 6.20 Å². The molecule has 8 nitrogen and oxygen atoms in total. The van der Waals surface area contributed by atoms with Gasteiger partial charge in [0.2, 0.25) is 11.8 Å². The van der Waals surface area contributed by atoms with Crippen LogP contribution in [0.1, 0.15) is 39.0 Å². The van der Waals surface area contributed by atoms with Crippen LogP contribution >= 0.6 is 0 Å². The first kappa shape index (κ1) is 17.1. The van der Waals surface area contributed by atoms with Gasteiger partial charge in [-0.05, 0) is 19.3 Å². The van der Waals surface area contributed by atoms with Gasteiger partial charge >= 0.3 is 5.69 Å². The third-order valence-corrected chi connectivity index (χ3v) is 2.88. The lowest BCUT2D eigenvalue weighted by Crippen LogP contribution is -2.10. The lowest BCUT2D eigenvalue weighted by Gasteiger charge is -2.08. The molecule has 8 heteroatoms. The van der Waals surface area contributed by atoms with Crippen LogP contribution in [0.5, 0.6) is 0 Å². The second-order valence-corrected chi connectivity index (χ2v) is 4.68. The highest BCUT2D eigenvalue weighted by atomic mass is 16.6. The van der Waals surface area contributed by atoms with E-state index < -0.39 is 4.92 Å². The van der Waals surface area contributed by atoms with Gasteiger partial charge in [-0.15, -0.1) is 0 Å². The van der Waals surface area contributed by atoms with Crippen molar-refractivity contribution >= 4 is 17.5 Å². The largest absolute Gasteiger partial charge is 0.396 e. The van der Waals surface area contributed by atoms with Crippen LogP contribution in [0.2, 0.25) is 0 Å². The molecule has 0 atom stereocenters. The van der Waals surface area contributed by atoms with Gasteiger partial charge in [-0.2, -0.15) is 4.98 Å². The van der Waals surface area contributed by atoms with Gasteiger partial charge in [0.1, 0.15) is 6.20 Å². The third-order valence-electron chi connectivity index (χ3n) is 2.88. The van der Waals surface area contributed by atoms with E-state index in [1.807, 2.05) is 6.92 Å². The Balaban J connectivity index is 2.57. The third kappa shape index (κ3) is 6.35. The Morgan fingerprint density at radius 2 is 2.00 bits per heavy atom. The number of aromatic nitrogens is 2. The number of aliphatic hydroxyl groups is 1. The first-order chi connectivity index (χ1) is 10.2. The summed E-state index contributed by atoms with van der Waals surface area (Å²) in [5.41, 5.74) is -0.118. The molecule has 0 bridgehead atoms. The van der Waals surface area contributed by atoms with E-state index in [-0.39, 0.29) is 18.1 Å². The summed E-state index contributed by atoms with van der Waals surface area (Å²) < 4.78 is 0. The normalized spacial score (nSPS) is 10.4. The van der Waals surface area contributed by atoms with E-state index in [0.29, 0.717) is 12.5 Å². The molecule has 0 fully saturated rings. The molecule has 0 unspecified atom stereocenters. The fourth-order valence-corrected chi connectivity index (χ4v) is 1.76. The van der Waals surface area contributed by atoms with Gasteiger partial charge in [0.25, 0.3) is 0 Å². The second kappa shape index (κ2) is 9.87. The Morgan fingerprint density at radius 3 is 2.67 bits per heavy atom. The lowest BCUT2D eigenvalue weighted by molar-refractivity contribution is -0.384. The summed E-state index contributed by atoms with van der Waals surface area (Å²) in [5, 5.41) is 25.6. The van der Waals surface area contributed by atoms with E-state index in [0.717, 1.165) is 38.6 Å². The molecule has 0 saturated carbocycles. The number of aliphatic hydroxyl groups excluding tert-OH is 1. The quantitative estimate of drug-likeness (QED) is 0.326. The summed E-state index contributed by atoms with van der Waals surface area (Å²) in [6.07, 6.45) is 5.73. The summed E-state index contributed by atoms with van der Waals surface area (Å²) in [6.45, 7) is 3.55. The first-order valence-corrected chi connectivity index (χ1v) is 7.29. The maximum absolute atomic E-state index is 11.0. The zero-order valence-electron chi connectivity index (χ0n) is 12.3. The predicted molar refractivity (Wildman–Crippen MR) is 81.5 cm³/mol. The molecule has 0 saturated heterocycles. The standard InChI is InChI=1S/C13H23N5O3/c1-2-7-15-13-16-10-11(18(20)21)12(17-13)14-8-5-3-4-6-9-19/h10,19H,2-9H2,1H3,(H2,14,15,16,17). The van der Waals surface area contributed by atoms with Gasteiger partial charge < -0.3 is 15.7 Å². The fraction of sp³-hybridized carbons (Fsp3) is 0.692. The molecule has 0 aliphatic carbocycles. The van der Waals surface area contributed by atoms with Crippen LogP contribution in [0.3, 0.4) is 0 Å². The molecule has 1 aromatic heterocycles. The van der Waals surface area contributed by atoms with Crippen LogP contribution in [-0.2, 0) is 0 Å². The zero-order valence-corrected chi connectivity index (χ0v) is 12.3. The van der Waals surface area contributed by atoms with Crippen molar-refractivity contribution in [2.24, 2.45) is 0 Å². The molecule has 21 heavy (non-hydrogen) atoms. The van der Waals surface area contributed by atoms with E-state index in [9.17, 15) is 10.1 Å². The number of hydrogen-bond acceptors (Lipinski definition) is 7. The van der Waals surface area contributed by atoms with Gasteiger partial charge in [-0.25, -0.2) is 4.98 Å². The summed E-state index contributed by atoms with van der Waals surface area (Å²) in [7, 11) is 0. The Bertz CT molecular complexity index is 442. The zero-order chi connectivity index (χ0) is 15.5. The number of hydrogen-bond donors (Lipinski definition) is 3. The van der Waals surface area contributed by atoms with Crippen LogP contribution < -0.4 is 10.6 Å². The highest BCUT2D eigenvalue weighted by Gasteiger charge is 2.16. The van der Waals surface area contributed by atoms with Crippen molar-refractivity contribution in [3.05, 3.63) is 16.3 Å². The smallest absolute Gasteiger partial charge is 0.329 e. The molecule has 0 spiro atoms. The summed E-state index contributed by atoms with van der Waals surface area (Å²) in [5.74, 6) is 0.640. The minimum atomic E-state index is -0.488. The number of rotatable bonds is 11. The van der Waals surface area contributed by atoms with Gasteiger partial charge in [-0.1, -0.05) is 19.8 Å². The van der Waals surface area contributed by atoms with Crippen LogP contribution in [0.4, 0.5) is 17.5 Å². The molecule has 1 rings (SSSR count). The molecule has 0 amide bonds. The maximum Gasteiger partial charge on any atom is 0.329 e. The maximum atomic E-state index is 11.0. The summed E-state index contributed by atoms with van der Waals surface area (Å²) in [4.78, 5) is 18.6. The fourth-order valence-electron chi connectivity index (χ4n) is 1.76. The van der Waals surface area contributed by atoms with Crippen molar-refractivity contribution in [2.75, 3.05) is 30.3 Å². The monoisotopic (exact) mass is 297 g/mol. The molecule has 0 radical (unpaired) electrons. The first-order valence-electron chi connectivity index (χ1n) is 7.29. The number of nitro groups is 1. The van der Waals surface area contributed by atoms with Crippen LogP contribution in [0.25, 0.3) is 0 Å². The SMILES string of the molecule is CCCNc1ncc([N+](=O)[O-])c(NCCCCCCO)n1. The van der Waals surface area contributed by atoms with Crippen LogP contribution in [0, 0.1) is 10.1 Å². The van der Waals surface area contributed by atoms with Gasteiger partial charge in [0.15, 0.2) is 0 Å². The summed E-state index contributed by atoms with van der Waals surface area (Å²) in [6, 6.07) is 0. The predicted octanol–water partition coefficient (Wildman–Crippen LogP) is 2.17. The molecular formula is C13H23N5O3. The van der Waals surface area contributed by atoms with E-state index in [2.05, 4.69) is 20.6 Å². The molecular weight excluding hydrogens is 274 g/mol. The Morgan fingerprint density at radius 1 is 1.24 bits per heavy atom. The highest BCUT2D eigenvalue weighted by molar-refractivity contribution is 5.56. The van der Waals surface area contributed by atoms with Crippen molar-refractivity contribution in [1.29, 1.82) is 0 Å². The van der Waals surface area contributed by atoms with Gasteiger partial charge in [0.05, 0.1) is 4.92 Å². The van der Waals surface area contributed by atoms with Crippen molar-refractivity contribution < 1.29 is 10.0 Å². The Kier molecular flexibility index (Phi) is 8.03. The van der Waals surface area contributed by atoms with E-state index in [4.69, 9.17) is 5.11 Å². The molecule has 0 aliphatic heterocycles. The topological polar surface area (TPSA) is 113 Å². The average molecular weight is 297 g/mol. The van der Waals surface area contributed by atoms with Crippen molar-refractivity contribution in [1.82, 2.24) is 9.97 Å². The number of unbranched alkanes of at least 4 members (excludes halogenated alkanes) is 3. The van der Waals surface area contributed by atoms with Crippen molar-refractivity contribution in [3.8, 4) is 0 Å². The number of nitrogens with zero attached hydrogens (tertiary/aromatic N) is 3. The highest BCUT2D eigenvalue weighted by Crippen LogP contribution is 2.22. The summed E-state index contributed by atoms with van der Waals surface area (Å²) >= 11 is 0. The minimum Gasteiger partial charge on any atom is -0.396 e. The lowest BCUT2D eigenvalue weighted by atomic mass is 10.2. The molecule has 3 N–H and O–H groups in total. The average Bonchev–Trinajstić information content (AvgIpc) is 2.48. The molecule has 1 aromatic rings. The van der Waals surface area contributed by atoms with Crippen LogP contribution in [0.15, 0.2) is 6.20 Å². The number of anilines is 2. The Labute approximate surface area is 124 Å². The van der Waals surface area contributed by atoms with Crippen molar-refractivity contribution in [2.45, 2.75) is 39.0 Å². The van der Waals surface area contributed by atoms with Gasteiger partial charge in [-0.3, -0.25) is 10.1 Å². The molecule has 1 heterocycles. The second-order valence-electron chi connectivity index (χ2n) is 4.68.